The van der Waals surface area contributed by atoms with Gasteiger partial charge in [-0.1, -0.05) is 45.9 Å². The molecule has 0 bridgehead atoms. The number of carbonyl (C=O) groups excluding carboxylic acids is 1. The van der Waals surface area contributed by atoms with Gasteiger partial charge in [-0.25, -0.2) is 14.4 Å². The molecule has 1 fully saturated rings. The van der Waals surface area contributed by atoms with Crippen LogP contribution in [0.1, 0.15) is 22.0 Å². The van der Waals surface area contributed by atoms with Crippen molar-refractivity contribution in [3.8, 4) is 11.3 Å². The quantitative estimate of drug-likeness (QED) is 0.167. The Morgan fingerprint density at radius 1 is 1.47 bits per heavy atom. The fourth-order valence-corrected chi connectivity index (χ4v) is 5.30. The highest BCUT2D eigenvalue weighted by Crippen LogP contribution is 2.47. The minimum atomic E-state index is -1.82. The van der Waals surface area contributed by atoms with Crippen LogP contribution in [-0.4, -0.2) is 43.4 Å². The van der Waals surface area contributed by atoms with Crippen LogP contribution in [-0.2, 0) is 4.74 Å². The van der Waals surface area contributed by atoms with Gasteiger partial charge < -0.3 is 15.6 Å². The lowest BCUT2D eigenvalue weighted by atomic mass is 10.0. The smallest absolute Gasteiger partial charge is 0.249 e. The highest BCUT2D eigenvalue weighted by molar-refractivity contribution is 14.1. The fraction of sp³-hybridized carbons (Fsp3) is 0.278. The van der Waals surface area contributed by atoms with Crippen LogP contribution in [0.5, 0.6) is 0 Å². The Kier molecular flexibility index (Phi) is 5.59. The number of halogens is 2. The van der Waals surface area contributed by atoms with Gasteiger partial charge in [0.2, 0.25) is 5.91 Å². The van der Waals surface area contributed by atoms with Crippen LogP contribution >= 0.6 is 33.9 Å². The van der Waals surface area contributed by atoms with Gasteiger partial charge in [0.25, 0.3) is 0 Å². The Morgan fingerprint density at radius 3 is 2.93 bits per heavy atom. The van der Waals surface area contributed by atoms with Crippen LogP contribution in [0.2, 0.25) is 0 Å². The Morgan fingerprint density at radius 2 is 2.23 bits per heavy atom. The number of aliphatic hydroxyl groups excluding tert-OH is 1. The van der Waals surface area contributed by atoms with Crippen LogP contribution in [0.15, 0.2) is 41.1 Å². The number of ether oxygens (including phenoxy) is 1. The van der Waals surface area contributed by atoms with Crippen LogP contribution in [0.4, 0.5) is 4.39 Å². The lowest BCUT2D eigenvalue weighted by molar-refractivity contribution is -0.0594. The minimum Gasteiger partial charge on any atom is -0.387 e. The number of azide groups is 1. The van der Waals surface area contributed by atoms with Crippen LogP contribution < -0.4 is 5.73 Å². The van der Waals surface area contributed by atoms with Crippen molar-refractivity contribution in [2.45, 2.75) is 24.1 Å². The van der Waals surface area contributed by atoms with E-state index in [-0.39, 0.29) is 4.43 Å². The summed E-state index contributed by atoms with van der Waals surface area (Å²) in [6.45, 7) is 0. The molecule has 3 heterocycles. The number of rotatable bonds is 5. The van der Waals surface area contributed by atoms with Gasteiger partial charge in [-0.15, -0.1) is 11.3 Å². The summed E-state index contributed by atoms with van der Waals surface area (Å²) in [5, 5.41) is 15.5. The Labute approximate surface area is 186 Å². The molecule has 4 rings (SSSR count). The number of primary amides is 1. The second-order valence-corrected chi connectivity index (χ2v) is 8.24. The third kappa shape index (κ3) is 3.20. The van der Waals surface area contributed by atoms with E-state index >= 15 is 4.39 Å². The predicted molar refractivity (Wildman–Crippen MR) is 117 cm³/mol. The van der Waals surface area contributed by atoms with Crippen molar-refractivity contribution in [3.05, 3.63) is 57.5 Å². The average molecular weight is 540 g/mol. The maximum absolute atomic E-state index is 15.0. The number of amides is 1. The molecule has 1 unspecified atom stereocenters. The van der Waals surface area contributed by atoms with Crippen molar-refractivity contribution in [1.29, 1.82) is 0 Å². The van der Waals surface area contributed by atoms with E-state index in [0.717, 1.165) is 0 Å². The number of alkyl halides is 2. The number of nitrogens with two attached hydrogens (primary N) is 1. The van der Waals surface area contributed by atoms with E-state index < -0.39 is 30.0 Å². The SMILES string of the molecule is [N-]=[N+]=NC1(CI)O[C@@H](c2csc3c(-c4ccccc4C(N)=O)ncnc23)[C@H](F)[C@@H]1O. The first-order valence-electron chi connectivity index (χ1n) is 8.67. The maximum Gasteiger partial charge on any atom is 0.249 e. The van der Waals surface area contributed by atoms with Crippen LogP contribution in [0.25, 0.3) is 31.9 Å². The van der Waals surface area contributed by atoms with E-state index in [1.807, 2.05) is 22.6 Å². The number of carbonyl (C=O) groups is 1. The normalized spacial score (nSPS) is 25.9. The third-order valence-corrected chi connectivity index (χ3v) is 7.01. The highest BCUT2D eigenvalue weighted by atomic mass is 127. The highest BCUT2D eigenvalue weighted by Gasteiger charge is 2.55. The van der Waals surface area contributed by atoms with Crippen molar-refractivity contribution >= 4 is 50.1 Å². The molecule has 1 saturated heterocycles. The number of hydrogen-bond donors (Lipinski definition) is 2. The number of aromatic nitrogens is 2. The molecule has 1 aromatic carbocycles. The first-order chi connectivity index (χ1) is 14.4. The minimum absolute atomic E-state index is 0.0706. The number of benzene rings is 1. The Balaban J connectivity index is 1.84. The van der Waals surface area contributed by atoms with Crippen molar-refractivity contribution in [1.82, 2.24) is 9.97 Å². The number of nitrogens with zero attached hydrogens (tertiary/aromatic N) is 5. The molecule has 30 heavy (non-hydrogen) atoms. The molecule has 0 radical (unpaired) electrons. The van der Waals surface area contributed by atoms with E-state index in [1.54, 1.807) is 29.6 Å². The standard InChI is InChI=1S/C18H14FIN6O3S/c19-11-14(29-18(6-20,16(11)27)25-26-22)10-5-30-15-12(23-7-24-13(10)15)8-3-1-2-4-9(8)17(21)28/h1-5,7,11,14,16,27H,6H2,(H2,21,28)/t11-,14-,16-,18?/m0/s1. The molecule has 4 atom stereocenters. The molecule has 1 aliphatic heterocycles. The van der Waals surface area contributed by atoms with Gasteiger partial charge >= 0.3 is 0 Å². The molecule has 0 saturated carbocycles. The zero-order valence-electron chi connectivity index (χ0n) is 15.1. The zero-order chi connectivity index (χ0) is 21.5. The van der Waals surface area contributed by atoms with Gasteiger partial charge in [0.15, 0.2) is 11.9 Å². The fourth-order valence-electron chi connectivity index (χ4n) is 3.47. The summed E-state index contributed by atoms with van der Waals surface area (Å²) in [5.41, 5.74) is 14.8. The lowest BCUT2D eigenvalue weighted by Crippen LogP contribution is -2.41. The molecular formula is C18H14FIN6O3S. The summed E-state index contributed by atoms with van der Waals surface area (Å²) in [7, 11) is 0. The number of hydrogen-bond acceptors (Lipinski definition) is 7. The summed E-state index contributed by atoms with van der Waals surface area (Å²) in [6.07, 6.45) is -3.31. The molecule has 9 nitrogen and oxygen atoms in total. The molecule has 154 valence electrons. The summed E-state index contributed by atoms with van der Waals surface area (Å²) < 4.78 is 21.4. The van der Waals surface area contributed by atoms with E-state index in [0.29, 0.717) is 32.6 Å². The number of thiophene rings is 1. The summed E-state index contributed by atoms with van der Waals surface area (Å²) >= 11 is 3.13. The van der Waals surface area contributed by atoms with Crippen LogP contribution in [0.3, 0.4) is 0 Å². The van der Waals surface area contributed by atoms with Crippen molar-refractivity contribution < 1.29 is 19.0 Å². The molecular weight excluding hydrogens is 526 g/mol. The summed E-state index contributed by atoms with van der Waals surface area (Å²) in [5.74, 6) is -0.596. The lowest BCUT2D eigenvalue weighted by Gasteiger charge is -2.23. The molecule has 12 heteroatoms. The molecule has 3 aromatic rings. The average Bonchev–Trinajstić information content (AvgIpc) is 3.29. The second kappa shape index (κ2) is 8.04. The van der Waals surface area contributed by atoms with E-state index in [4.69, 9.17) is 16.0 Å². The van der Waals surface area contributed by atoms with E-state index in [2.05, 4.69) is 20.0 Å². The van der Waals surface area contributed by atoms with Crippen LogP contribution in [0, 0.1) is 0 Å². The van der Waals surface area contributed by atoms with Crippen molar-refractivity contribution in [2.75, 3.05) is 4.43 Å². The number of fused-ring (bicyclic) bond motifs is 1. The first kappa shape index (κ1) is 20.9. The van der Waals surface area contributed by atoms with Crippen molar-refractivity contribution in [3.63, 3.8) is 0 Å². The molecule has 0 aliphatic carbocycles. The van der Waals surface area contributed by atoms with Gasteiger partial charge in [0.1, 0.15) is 18.5 Å². The van der Waals surface area contributed by atoms with Gasteiger partial charge in [-0.05, 0) is 17.0 Å². The summed E-state index contributed by atoms with van der Waals surface area (Å²) in [6, 6.07) is 6.77. The second-order valence-electron chi connectivity index (χ2n) is 6.60. The zero-order valence-corrected chi connectivity index (χ0v) is 18.1. The van der Waals surface area contributed by atoms with Gasteiger partial charge in [0, 0.05) is 26.0 Å². The monoisotopic (exact) mass is 540 g/mol. The van der Waals surface area contributed by atoms with Gasteiger partial charge in [0.05, 0.1) is 15.9 Å². The molecule has 2 aromatic heterocycles. The number of aliphatic hydroxyl groups is 1. The molecule has 1 amide bonds. The summed E-state index contributed by atoms with van der Waals surface area (Å²) in [4.78, 5) is 23.1. The van der Waals surface area contributed by atoms with Crippen molar-refractivity contribution in [2.24, 2.45) is 10.8 Å². The topological polar surface area (TPSA) is 147 Å². The predicted octanol–water partition coefficient (Wildman–Crippen LogP) is 3.67. The molecule has 0 spiro atoms. The first-order valence-corrected chi connectivity index (χ1v) is 11.1. The Bertz CT molecular complexity index is 1190. The van der Waals surface area contributed by atoms with E-state index in [9.17, 15) is 9.90 Å². The largest absolute Gasteiger partial charge is 0.387 e. The molecule has 1 aliphatic rings. The third-order valence-electron chi connectivity index (χ3n) is 4.92. The Hall–Kier alpha value is -2.38. The maximum atomic E-state index is 15.0. The van der Waals surface area contributed by atoms with Gasteiger partial charge in [-0.3, -0.25) is 4.79 Å². The molecule has 3 N–H and O–H groups in total. The van der Waals surface area contributed by atoms with E-state index in [1.165, 1.54) is 17.7 Å². The van der Waals surface area contributed by atoms with Gasteiger partial charge in [-0.2, -0.15) is 0 Å².